The lowest BCUT2D eigenvalue weighted by molar-refractivity contribution is 0.821. The lowest BCUT2D eigenvalue weighted by Gasteiger charge is -1.93. The maximum absolute atomic E-state index is 4.62. The Labute approximate surface area is 83.4 Å². The Morgan fingerprint density at radius 2 is 2.31 bits per heavy atom. The van der Waals surface area contributed by atoms with E-state index in [4.69, 9.17) is 0 Å². The molecule has 0 aliphatic heterocycles. The van der Waals surface area contributed by atoms with E-state index in [0.717, 1.165) is 18.4 Å². The molecule has 2 nitrogen and oxygen atoms in total. The molecule has 0 radical (unpaired) electrons. The van der Waals surface area contributed by atoms with Crippen molar-refractivity contribution in [3.05, 3.63) is 15.6 Å². The summed E-state index contributed by atoms with van der Waals surface area (Å²) >= 11 is 1.88. The molecule has 1 aliphatic rings. The van der Waals surface area contributed by atoms with Crippen LogP contribution >= 0.6 is 11.3 Å². The van der Waals surface area contributed by atoms with Gasteiger partial charge in [-0.15, -0.1) is 11.3 Å². The van der Waals surface area contributed by atoms with Gasteiger partial charge in [-0.25, -0.2) is 4.98 Å². The van der Waals surface area contributed by atoms with Gasteiger partial charge in [0.05, 0.1) is 10.7 Å². The van der Waals surface area contributed by atoms with Gasteiger partial charge in [0.2, 0.25) is 0 Å². The van der Waals surface area contributed by atoms with Crippen LogP contribution in [0.15, 0.2) is 0 Å². The van der Waals surface area contributed by atoms with Crippen molar-refractivity contribution in [2.45, 2.75) is 32.7 Å². The van der Waals surface area contributed by atoms with E-state index in [2.05, 4.69) is 24.1 Å². The topological polar surface area (TPSA) is 24.9 Å². The number of hydrogen-bond acceptors (Lipinski definition) is 3. The molecule has 2 atom stereocenters. The predicted molar refractivity (Wildman–Crippen MR) is 56.1 cm³/mol. The van der Waals surface area contributed by atoms with Crippen molar-refractivity contribution in [3.63, 3.8) is 0 Å². The molecule has 72 valence electrons. The number of aromatic nitrogens is 1. The van der Waals surface area contributed by atoms with E-state index in [0.29, 0.717) is 0 Å². The number of aryl methyl sites for hydroxylation is 1. The highest BCUT2D eigenvalue weighted by atomic mass is 32.1. The summed E-state index contributed by atoms with van der Waals surface area (Å²) in [6, 6.07) is 0. The van der Waals surface area contributed by atoms with E-state index in [1.54, 1.807) is 0 Å². The molecule has 2 unspecified atom stereocenters. The molecule has 0 saturated heterocycles. The summed E-state index contributed by atoms with van der Waals surface area (Å²) in [5, 5.41) is 4.54. The summed E-state index contributed by atoms with van der Waals surface area (Å²) in [5.41, 5.74) is 1.22. The van der Waals surface area contributed by atoms with Crippen molar-refractivity contribution in [1.29, 1.82) is 0 Å². The van der Waals surface area contributed by atoms with Gasteiger partial charge in [-0.2, -0.15) is 0 Å². The van der Waals surface area contributed by atoms with Gasteiger partial charge in [0.15, 0.2) is 0 Å². The van der Waals surface area contributed by atoms with Crippen molar-refractivity contribution in [1.82, 2.24) is 10.3 Å². The second-order valence-corrected chi connectivity index (χ2v) is 5.03. The van der Waals surface area contributed by atoms with Crippen LogP contribution in [0.3, 0.4) is 0 Å². The third-order valence-electron chi connectivity index (χ3n) is 2.67. The Hall–Kier alpha value is -0.410. The average molecular weight is 196 g/mol. The lowest BCUT2D eigenvalue weighted by atomic mass is 10.3. The van der Waals surface area contributed by atoms with Gasteiger partial charge >= 0.3 is 0 Å². The van der Waals surface area contributed by atoms with E-state index >= 15 is 0 Å². The smallest absolute Gasteiger partial charge is 0.0965 e. The minimum Gasteiger partial charge on any atom is -0.315 e. The molecule has 13 heavy (non-hydrogen) atoms. The third-order valence-corrected chi connectivity index (χ3v) is 3.96. The summed E-state index contributed by atoms with van der Waals surface area (Å²) in [5.74, 6) is 1.64. The van der Waals surface area contributed by atoms with E-state index < -0.39 is 0 Å². The molecule has 1 N–H and O–H groups in total. The first-order valence-corrected chi connectivity index (χ1v) is 5.64. The molecule has 1 aromatic rings. The number of thiazole rings is 1. The van der Waals surface area contributed by atoms with Crippen LogP contribution in [0.1, 0.15) is 34.8 Å². The molecule has 3 heteroatoms. The second-order valence-electron chi connectivity index (χ2n) is 3.91. The zero-order valence-corrected chi connectivity index (χ0v) is 9.24. The summed E-state index contributed by atoms with van der Waals surface area (Å²) in [6.45, 7) is 5.38. The van der Waals surface area contributed by atoms with E-state index in [9.17, 15) is 0 Å². The molecule has 0 amide bonds. The molecule has 1 heterocycles. The van der Waals surface area contributed by atoms with Crippen molar-refractivity contribution in [2.24, 2.45) is 5.92 Å². The summed E-state index contributed by atoms with van der Waals surface area (Å²) in [6.07, 6.45) is 1.34. The molecular weight excluding hydrogens is 180 g/mol. The molecule has 1 saturated carbocycles. The molecule has 0 spiro atoms. The van der Waals surface area contributed by atoms with Gasteiger partial charge in [-0.05, 0) is 26.3 Å². The van der Waals surface area contributed by atoms with Crippen LogP contribution in [-0.4, -0.2) is 12.0 Å². The van der Waals surface area contributed by atoms with Crippen LogP contribution in [0.25, 0.3) is 0 Å². The first kappa shape index (κ1) is 9.16. The molecular formula is C10H16N2S. The van der Waals surface area contributed by atoms with Gasteiger partial charge < -0.3 is 5.32 Å². The van der Waals surface area contributed by atoms with Gasteiger partial charge in [-0.3, -0.25) is 0 Å². The Balaban J connectivity index is 2.15. The van der Waals surface area contributed by atoms with E-state index in [1.165, 1.54) is 22.0 Å². The van der Waals surface area contributed by atoms with Crippen LogP contribution in [0.5, 0.6) is 0 Å². The largest absolute Gasteiger partial charge is 0.315 e. The molecule has 1 aliphatic carbocycles. The molecule has 1 aromatic heterocycles. The van der Waals surface area contributed by atoms with Crippen LogP contribution in [0.4, 0.5) is 0 Å². The predicted octanol–water partition coefficient (Wildman–Crippen LogP) is 2.29. The van der Waals surface area contributed by atoms with Gasteiger partial charge in [0.25, 0.3) is 0 Å². The fraction of sp³-hybridized carbons (Fsp3) is 0.700. The zero-order chi connectivity index (χ0) is 9.42. The van der Waals surface area contributed by atoms with Gasteiger partial charge in [-0.1, -0.05) is 6.92 Å². The Bertz CT molecular complexity index is 306. The minimum atomic E-state index is 0.773. The van der Waals surface area contributed by atoms with Crippen molar-refractivity contribution >= 4 is 11.3 Å². The third kappa shape index (κ3) is 1.76. The standard InChI is InChI=1S/C10H16N2S/c1-6-4-8(6)10-12-7(2)9(13-10)5-11-3/h6,8,11H,4-5H2,1-3H3. The Kier molecular flexibility index (Phi) is 2.39. The normalized spacial score (nSPS) is 26.4. The molecule has 0 aromatic carbocycles. The Morgan fingerprint density at radius 1 is 1.62 bits per heavy atom. The second kappa shape index (κ2) is 3.39. The fourth-order valence-corrected chi connectivity index (χ4v) is 2.92. The van der Waals surface area contributed by atoms with E-state index in [-0.39, 0.29) is 0 Å². The highest BCUT2D eigenvalue weighted by Gasteiger charge is 2.36. The van der Waals surface area contributed by atoms with Gasteiger partial charge in [0.1, 0.15) is 0 Å². The van der Waals surface area contributed by atoms with Crippen molar-refractivity contribution < 1.29 is 0 Å². The maximum atomic E-state index is 4.62. The Morgan fingerprint density at radius 3 is 2.85 bits per heavy atom. The number of rotatable bonds is 3. The maximum Gasteiger partial charge on any atom is 0.0965 e. The molecule has 2 rings (SSSR count). The lowest BCUT2D eigenvalue weighted by Crippen LogP contribution is -2.04. The van der Waals surface area contributed by atoms with Crippen molar-refractivity contribution in [3.8, 4) is 0 Å². The monoisotopic (exact) mass is 196 g/mol. The summed E-state index contributed by atoms with van der Waals surface area (Å²) < 4.78 is 0. The minimum absolute atomic E-state index is 0.773. The number of hydrogen-bond donors (Lipinski definition) is 1. The summed E-state index contributed by atoms with van der Waals surface area (Å²) in [4.78, 5) is 6.02. The zero-order valence-electron chi connectivity index (χ0n) is 8.42. The number of nitrogens with zero attached hydrogens (tertiary/aromatic N) is 1. The highest BCUT2D eigenvalue weighted by Crippen LogP contribution is 2.48. The SMILES string of the molecule is CNCc1sc(C2CC2C)nc1C. The molecule has 0 bridgehead atoms. The van der Waals surface area contributed by atoms with Crippen LogP contribution in [-0.2, 0) is 6.54 Å². The van der Waals surface area contributed by atoms with E-state index in [1.807, 2.05) is 18.4 Å². The first-order chi connectivity index (χ1) is 6.22. The van der Waals surface area contributed by atoms with Crippen molar-refractivity contribution in [2.75, 3.05) is 7.05 Å². The summed E-state index contributed by atoms with van der Waals surface area (Å²) in [7, 11) is 1.98. The van der Waals surface area contributed by atoms with Crippen LogP contribution in [0, 0.1) is 12.8 Å². The fourth-order valence-electron chi connectivity index (χ4n) is 1.60. The highest BCUT2D eigenvalue weighted by molar-refractivity contribution is 7.11. The molecule has 1 fully saturated rings. The quantitative estimate of drug-likeness (QED) is 0.802. The van der Waals surface area contributed by atoms with Crippen LogP contribution < -0.4 is 5.32 Å². The van der Waals surface area contributed by atoms with Gasteiger partial charge in [0, 0.05) is 17.3 Å². The van der Waals surface area contributed by atoms with Crippen LogP contribution in [0.2, 0.25) is 0 Å². The first-order valence-electron chi connectivity index (χ1n) is 4.83. The average Bonchev–Trinajstić information content (AvgIpc) is 2.69. The number of nitrogens with one attached hydrogen (secondary N) is 1.